The molecule has 90 valence electrons. The van der Waals surface area contributed by atoms with Crippen LogP contribution in [0.1, 0.15) is 12.8 Å². The molecule has 0 bridgehead atoms. The smallest absolute Gasteiger partial charge is 0.335 e. The molecule has 0 radical (unpaired) electrons. The second-order valence-electron chi connectivity index (χ2n) is 3.49. The van der Waals surface area contributed by atoms with Gasteiger partial charge in [0.2, 0.25) is 0 Å². The number of carbonyl (C=O) groups is 1. The molecule has 0 aromatic rings. The number of halogens is 5. The van der Waals surface area contributed by atoms with Gasteiger partial charge in [0.05, 0.1) is 6.07 Å². The quantitative estimate of drug-likeness (QED) is 0.764. The monoisotopic (exact) mass is 242 g/mol. The molecule has 1 amide bonds. The Morgan fingerprint density at radius 1 is 1.31 bits per heavy atom. The summed E-state index contributed by atoms with van der Waals surface area (Å²) in [5.74, 6) is -8.26. The van der Waals surface area contributed by atoms with Crippen LogP contribution in [0.2, 0.25) is 0 Å². The highest BCUT2D eigenvalue weighted by molar-refractivity contribution is 5.84. The second-order valence-corrected chi connectivity index (χ2v) is 3.49. The van der Waals surface area contributed by atoms with Crippen LogP contribution in [0.5, 0.6) is 0 Å². The first-order chi connectivity index (χ1) is 7.20. The summed E-state index contributed by atoms with van der Waals surface area (Å²) in [5, 5.41) is 9.87. The van der Waals surface area contributed by atoms with E-state index >= 15 is 0 Å². The number of nitrogens with zero attached hydrogens (tertiary/aromatic N) is 1. The molecule has 1 saturated carbocycles. The topological polar surface area (TPSA) is 52.9 Å². The standard InChI is InChI=1S/C8H7F5N2O/c9-7(10,8(11,12)13)6(16)15-5(3-14)4-1-2-4/h4-5H,1-2H2,(H,15,16). The van der Waals surface area contributed by atoms with Crippen LogP contribution in [-0.2, 0) is 4.79 Å². The maximum absolute atomic E-state index is 12.5. The molecule has 0 aromatic carbocycles. The lowest BCUT2D eigenvalue weighted by Crippen LogP contribution is -2.53. The summed E-state index contributed by atoms with van der Waals surface area (Å²) in [6.45, 7) is 0. The molecular formula is C8H7F5N2O. The van der Waals surface area contributed by atoms with Crippen LogP contribution in [0.25, 0.3) is 0 Å². The fourth-order valence-corrected chi connectivity index (χ4v) is 1.05. The van der Waals surface area contributed by atoms with E-state index in [1.807, 2.05) is 0 Å². The first kappa shape index (κ1) is 12.7. The van der Waals surface area contributed by atoms with Crippen LogP contribution in [0.15, 0.2) is 0 Å². The van der Waals surface area contributed by atoms with E-state index < -0.39 is 24.0 Å². The predicted octanol–water partition coefficient (Wildman–Crippen LogP) is 1.60. The molecule has 1 fully saturated rings. The maximum Gasteiger partial charge on any atom is 0.463 e. The van der Waals surface area contributed by atoms with Crippen molar-refractivity contribution in [2.75, 3.05) is 0 Å². The molecule has 8 heteroatoms. The lowest BCUT2D eigenvalue weighted by molar-refractivity contribution is -0.270. The molecule has 1 atom stereocenters. The van der Waals surface area contributed by atoms with Gasteiger partial charge in [0.15, 0.2) is 0 Å². The Kier molecular flexibility index (Phi) is 3.08. The molecule has 1 rings (SSSR count). The van der Waals surface area contributed by atoms with Crippen molar-refractivity contribution < 1.29 is 26.7 Å². The van der Waals surface area contributed by atoms with E-state index in [9.17, 15) is 26.7 Å². The Labute approximate surface area is 87.2 Å². The van der Waals surface area contributed by atoms with Crippen LogP contribution in [0.4, 0.5) is 22.0 Å². The van der Waals surface area contributed by atoms with Crippen LogP contribution in [0, 0.1) is 17.2 Å². The van der Waals surface area contributed by atoms with Gasteiger partial charge in [-0.3, -0.25) is 4.79 Å². The average molecular weight is 242 g/mol. The maximum atomic E-state index is 12.5. The number of nitrogens with one attached hydrogen (secondary N) is 1. The van der Waals surface area contributed by atoms with Gasteiger partial charge in [0.25, 0.3) is 0 Å². The number of alkyl halides is 5. The van der Waals surface area contributed by atoms with Crippen LogP contribution in [-0.4, -0.2) is 24.0 Å². The number of hydrogen-bond acceptors (Lipinski definition) is 2. The third-order valence-corrected chi connectivity index (χ3v) is 2.16. The Balaban J connectivity index is 2.67. The van der Waals surface area contributed by atoms with Gasteiger partial charge < -0.3 is 5.32 Å². The summed E-state index contributed by atoms with van der Waals surface area (Å²) >= 11 is 0. The Morgan fingerprint density at radius 2 is 1.81 bits per heavy atom. The van der Waals surface area contributed by atoms with Gasteiger partial charge >= 0.3 is 18.0 Å². The van der Waals surface area contributed by atoms with Gasteiger partial charge in [-0.25, -0.2) is 0 Å². The Bertz CT molecular complexity index is 328. The minimum absolute atomic E-state index is 0.321. The minimum atomic E-state index is -5.94. The van der Waals surface area contributed by atoms with E-state index in [4.69, 9.17) is 5.26 Å². The van der Waals surface area contributed by atoms with Gasteiger partial charge in [-0.2, -0.15) is 27.2 Å². The van der Waals surface area contributed by atoms with Crippen LogP contribution >= 0.6 is 0 Å². The molecule has 0 aliphatic heterocycles. The fraction of sp³-hybridized carbons (Fsp3) is 0.750. The lowest BCUT2D eigenvalue weighted by Gasteiger charge is -2.20. The van der Waals surface area contributed by atoms with E-state index in [1.54, 1.807) is 0 Å². The number of rotatable bonds is 3. The third kappa shape index (κ3) is 2.40. The second kappa shape index (κ2) is 3.88. The van der Waals surface area contributed by atoms with Gasteiger partial charge in [-0.05, 0) is 18.8 Å². The van der Waals surface area contributed by atoms with Gasteiger partial charge in [0, 0.05) is 0 Å². The van der Waals surface area contributed by atoms with E-state index in [2.05, 4.69) is 0 Å². The number of hydrogen-bond donors (Lipinski definition) is 1. The van der Waals surface area contributed by atoms with Crippen molar-refractivity contribution in [1.82, 2.24) is 5.32 Å². The highest BCUT2D eigenvalue weighted by Crippen LogP contribution is 2.37. The van der Waals surface area contributed by atoms with Gasteiger partial charge in [-0.15, -0.1) is 0 Å². The molecule has 3 nitrogen and oxygen atoms in total. The third-order valence-electron chi connectivity index (χ3n) is 2.16. The largest absolute Gasteiger partial charge is 0.463 e. The average Bonchev–Trinajstić information content (AvgIpc) is 2.94. The fourth-order valence-electron chi connectivity index (χ4n) is 1.05. The molecule has 1 N–H and O–H groups in total. The van der Waals surface area contributed by atoms with Crippen LogP contribution < -0.4 is 5.32 Å². The number of nitriles is 1. The summed E-state index contributed by atoms with van der Waals surface area (Å²) in [6, 6.07) is 0.209. The van der Waals surface area contributed by atoms with E-state index in [0.29, 0.717) is 12.8 Å². The molecule has 16 heavy (non-hydrogen) atoms. The lowest BCUT2D eigenvalue weighted by atomic mass is 10.2. The van der Waals surface area contributed by atoms with Crippen molar-refractivity contribution in [3.05, 3.63) is 0 Å². The summed E-state index contributed by atoms with van der Waals surface area (Å²) in [5.41, 5.74) is 0. The molecule has 0 aromatic heterocycles. The normalized spacial score (nSPS) is 18.8. The molecule has 0 heterocycles. The van der Waals surface area contributed by atoms with Crippen molar-refractivity contribution in [2.45, 2.75) is 31.0 Å². The highest BCUT2D eigenvalue weighted by atomic mass is 19.4. The first-order valence-electron chi connectivity index (χ1n) is 4.35. The van der Waals surface area contributed by atoms with Crippen LogP contribution in [0.3, 0.4) is 0 Å². The predicted molar refractivity (Wildman–Crippen MR) is 41.3 cm³/mol. The van der Waals surface area contributed by atoms with Crippen molar-refractivity contribution >= 4 is 5.91 Å². The molecule has 1 unspecified atom stereocenters. The first-order valence-corrected chi connectivity index (χ1v) is 4.35. The Morgan fingerprint density at radius 3 is 2.12 bits per heavy atom. The number of carbonyl (C=O) groups excluding carboxylic acids is 1. The molecule has 1 aliphatic rings. The SMILES string of the molecule is N#CC(NC(=O)C(F)(F)C(F)(F)F)C1CC1. The molecular weight excluding hydrogens is 235 g/mol. The minimum Gasteiger partial charge on any atom is -0.335 e. The Hall–Kier alpha value is -1.39. The number of amides is 1. The van der Waals surface area contributed by atoms with E-state index in [1.165, 1.54) is 11.4 Å². The summed E-state index contributed by atoms with van der Waals surface area (Å²) in [6.07, 6.45) is -4.87. The summed E-state index contributed by atoms with van der Waals surface area (Å²) < 4.78 is 60.2. The zero-order valence-corrected chi connectivity index (χ0v) is 7.81. The molecule has 0 spiro atoms. The van der Waals surface area contributed by atoms with E-state index in [0.717, 1.165) is 0 Å². The van der Waals surface area contributed by atoms with Crippen molar-refractivity contribution in [3.63, 3.8) is 0 Å². The zero-order chi connectivity index (χ0) is 12.6. The molecule has 1 aliphatic carbocycles. The zero-order valence-electron chi connectivity index (χ0n) is 7.81. The van der Waals surface area contributed by atoms with Crippen molar-refractivity contribution in [3.8, 4) is 6.07 Å². The molecule has 0 saturated heterocycles. The summed E-state index contributed by atoms with van der Waals surface area (Å²) in [7, 11) is 0. The van der Waals surface area contributed by atoms with Crippen molar-refractivity contribution in [2.24, 2.45) is 5.92 Å². The van der Waals surface area contributed by atoms with Crippen molar-refractivity contribution in [1.29, 1.82) is 5.26 Å². The summed E-state index contributed by atoms with van der Waals surface area (Å²) in [4.78, 5) is 10.7. The van der Waals surface area contributed by atoms with Gasteiger partial charge in [0.1, 0.15) is 6.04 Å². The van der Waals surface area contributed by atoms with Gasteiger partial charge in [-0.1, -0.05) is 0 Å². The van der Waals surface area contributed by atoms with E-state index in [-0.39, 0.29) is 5.92 Å². The highest BCUT2D eigenvalue weighted by Gasteiger charge is 2.63.